The smallest absolute Gasteiger partial charge is 0.325 e. The quantitative estimate of drug-likeness (QED) is 0.553. The molecule has 6 heteroatoms. The number of esters is 1. The molecule has 0 aromatic carbocycles. The highest BCUT2D eigenvalue weighted by Crippen LogP contribution is 2.34. The molecule has 0 aliphatic carbocycles. The average Bonchev–Trinajstić information content (AvgIpc) is 2.55. The summed E-state index contributed by atoms with van der Waals surface area (Å²) in [6.07, 6.45) is 0. The normalized spacial score (nSPS) is 19.5. The SMILES string of the molecule is N[C@@H](CS)C(=O)OC1SC=CS1. The summed E-state index contributed by atoms with van der Waals surface area (Å²) >= 11 is 6.81. The highest BCUT2D eigenvalue weighted by atomic mass is 32.2. The minimum Gasteiger partial charge on any atom is -0.439 e. The molecule has 3 nitrogen and oxygen atoms in total. The van der Waals surface area contributed by atoms with Crippen LogP contribution in [0.5, 0.6) is 0 Å². The first-order valence-corrected chi connectivity index (χ1v) is 5.78. The summed E-state index contributed by atoms with van der Waals surface area (Å²) in [6, 6.07) is -0.616. The fourth-order valence-electron chi connectivity index (χ4n) is 0.537. The van der Waals surface area contributed by atoms with Crippen molar-refractivity contribution in [1.29, 1.82) is 0 Å². The van der Waals surface area contributed by atoms with Crippen molar-refractivity contribution in [3.63, 3.8) is 0 Å². The van der Waals surface area contributed by atoms with Crippen LogP contribution in [0.25, 0.3) is 0 Å². The molecule has 0 aromatic heterocycles. The summed E-state index contributed by atoms with van der Waals surface area (Å²) in [6.45, 7) is 0. The maximum absolute atomic E-state index is 11.1. The van der Waals surface area contributed by atoms with Gasteiger partial charge in [-0.15, -0.1) is 0 Å². The number of hydrogen-bond acceptors (Lipinski definition) is 6. The third kappa shape index (κ3) is 2.93. The minimum absolute atomic E-state index is 0.163. The van der Waals surface area contributed by atoms with E-state index in [4.69, 9.17) is 10.5 Å². The number of hydrogen-bond donors (Lipinski definition) is 2. The monoisotopic (exact) mass is 223 g/mol. The first kappa shape index (κ1) is 10.3. The van der Waals surface area contributed by atoms with Gasteiger partial charge < -0.3 is 10.5 Å². The molecule has 1 aliphatic heterocycles. The molecule has 1 heterocycles. The maximum Gasteiger partial charge on any atom is 0.325 e. The van der Waals surface area contributed by atoms with Gasteiger partial charge in [-0.2, -0.15) is 12.6 Å². The van der Waals surface area contributed by atoms with Crippen LogP contribution in [0.4, 0.5) is 0 Å². The van der Waals surface area contributed by atoms with E-state index >= 15 is 0 Å². The van der Waals surface area contributed by atoms with E-state index < -0.39 is 12.0 Å². The van der Waals surface area contributed by atoms with E-state index in [-0.39, 0.29) is 4.77 Å². The van der Waals surface area contributed by atoms with Gasteiger partial charge in [-0.3, -0.25) is 4.79 Å². The van der Waals surface area contributed by atoms with Crippen LogP contribution in [-0.4, -0.2) is 22.5 Å². The van der Waals surface area contributed by atoms with Gasteiger partial charge in [0.25, 0.3) is 0 Å². The highest BCUT2D eigenvalue weighted by molar-refractivity contribution is 8.22. The van der Waals surface area contributed by atoms with Gasteiger partial charge in [0.1, 0.15) is 6.04 Å². The van der Waals surface area contributed by atoms with Crippen molar-refractivity contribution in [2.24, 2.45) is 5.73 Å². The van der Waals surface area contributed by atoms with Gasteiger partial charge in [0, 0.05) is 5.75 Å². The predicted octanol–water partition coefficient (Wildman–Crippen LogP) is 1.02. The van der Waals surface area contributed by atoms with Gasteiger partial charge in [-0.25, -0.2) is 0 Å². The van der Waals surface area contributed by atoms with E-state index in [2.05, 4.69) is 12.6 Å². The van der Waals surface area contributed by atoms with Crippen molar-refractivity contribution in [2.45, 2.75) is 10.8 Å². The molecule has 0 saturated heterocycles. The van der Waals surface area contributed by atoms with E-state index in [0.29, 0.717) is 5.75 Å². The molecule has 1 rings (SSSR count). The van der Waals surface area contributed by atoms with E-state index in [9.17, 15) is 4.79 Å². The van der Waals surface area contributed by atoms with Crippen molar-refractivity contribution in [2.75, 3.05) is 5.75 Å². The van der Waals surface area contributed by atoms with Crippen LogP contribution in [0.2, 0.25) is 0 Å². The second kappa shape index (κ2) is 5.06. The number of nitrogens with two attached hydrogens (primary N) is 1. The van der Waals surface area contributed by atoms with Gasteiger partial charge in [-0.05, 0) is 10.8 Å². The molecule has 0 aromatic rings. The second-order valence-corrected chi connectivity index (χ2v) is 4.67. The number of thiol groups is 1. The lowest BCUT2D eigenvalue weighted by atomic mass is 10.4. The number of ether oxygens (including phenoxy) is 1. The molecule has 1 atom stereocenters. The lowest BCUT2D eigenvalue weighted by Gasteiger charge is -2.12. The largest absolute Gasteiger partial charge is 0.439 e. The van der Waals surface area contributed by atoms with Crippen LogP contribution in [0.3, 0.4) is 0 Å². The molecule has 2 N–H and O–H groups in total. The Morgan fingerprint density at radius 1 is 1.67 bits per heavy atom. The van der Waals surface area contributed by atoms with Crippen molar-refractivity contribution in [1.82, 2.24) is 0 Å². The van der Waals surface area contributed by atoms with Gasteiger partial charge in [0.2, 0.25) is 4.77 Å². The summed E-state index contributed by atoms with van der Waals surface area (Å²) in [5.41, 5.74) is 5.40. The molecule has 0 saturated carbocycles. The van der Waals surface area contributed by atoms with Gasteiger partial charge in [0.15, 0.2) is 0 Å². The first-order chi connectivity index (χ1) is 5.74. The number of carbonyl (C=O) groups excluding carboxylic acids is 1. The van der Waals surface area contributed by atoms with Crippen LogP contribution in [0.15, 0.2) is 10.8 Å². The van der Waals surface area contributed by atoms with Gasteiger partial charge >= 0.3 is 5.97 Å². The lowest BCUT2D eigenvalue weighted by molar-refractivity contribution is -0.143. The molecule has 0 fully saturated rings. The summed E-state index contributed by atoms with van der Waals surface area (Å²) in [5, 5.41) is 3.77. The summed E-state index contributed by atoms with van der Waals surface area (Å²) in [5.74, 6) is -0.0763. The third-order valence-electron chi connectivity index (χ3n) is 1.15. The highest BCUT2D eigenvalue weighted by Gasteiger charge is 2.20. The topological polar surface area (TPSA) is 52.3 Å². The Bertz CT molecular complexity index is 189. The van der Waals surface area contributed by atoms with Crippen molar-refractivity contribution in [3.05, 3.63) is 10.8 Å². The molecule has 68 valence electrons. The Labute approximate surface area is 84.9 Å². The summed E-state index contributed by atoms with van der Waals surface area (Å²) in [7, 11) is 0. The molecule has 0 spiro atoms. The molecule has 0 bridgehead atoms. The fourth-order valence-corrected chi connectivity index (χ4v) is 2.40. The van der Waals surface area contributed by atoms with Crippen molar-refractivity contribution < 1.29 is 9.53 Å². The van der Waals surface area contributed by atoms with Gasteiger partial charge in [-0.1, -0.05) is 23.5 Å². The number of thioether (sulfide) groups is 2. The molecule has 0 amide bonds. The lowest BCUT2D eigenvalue weighted by Crippen LogP contribution is -2.34. The zero-order valence-corrected chi connectivity index (χ0v) is 8.70. The Hall–Kier alpha value is 0.220. The Kier molecular flexibility index (Phi) is 4.34. The zero-order chi connectivity index (χ0) is 8.97. The standard InChI is InChI=1S/C6H9NO2S3/c7-4(3-10)5(8)9-6-11-1-2-12-6/h1-2,4,6,10H,3,7H2/t4-/m0/s1. The third-order valence-corrected chi connectivity index (χ3v) is 3.60. The van der Waals surface area contributed by atoms with Crippen LogP contribution < -0.4 is 5.73 Å². The van der Waals surface area contributed by atoms with E-state index in [0.717, 1.165) is 0 Å². The molecular formula is C6H9NO2S3. The van der Waals surface area contributed by atoms with Crippen LogP contribution in [0.1, 0.15) is 0 Å². The van der Waals surface area contributed by atoms with Crippen LogP contribution in [-0.2, 0) is 9.53 Å². The predicted molar refractivity (Wildman–Crippen MR) is 56.0 cm³/mol. The van der Waals surface area contributed by atoms with Crippen molar-refractivity contribution >= 4 is 42.1 Å². The average molecular weight is 223 g/mol. The molecule has 1 aliphatic rings. The Morgan fingerprint density at radius 3 is 2.75 bits per heavy atom. The maximum atomic E-state index is 11.1. The minimum atomic E-state index is -0.616. The van der Waals surface area contributed by atoms with Gasteiger partial charge in [0.05, 0.1) is 0 Å². The molecule has 0 radical (unpaired) electrons. The van der Waals surface area contributed by atoms with E-state index in [1.165, 1.54) is 23.5 Å². The molecular weight excluding hydrogens is 214 g/mol. The van der Waals surface area contributed by atoms with Crippen LogP contribution in [0, 0.1) is 0 Å². The molecule has 0 unspecified atom stereocenters. The van der Waals surface area contributed by atoms with Crippen LogP contribution >= 0.6 is 36.2 Å². The Balaban J connectivity index is 2.26. The summed E-state index contributed by atoms with van der Waals surface area (Å²) in [4.78, 5) is 11.1. The van der Waals surface area contributed by atoms with Crippen molar-refractivity contribution in [3.8, 4) is 0 Å². The van der Waals surface area contributed by atoms with E-state index in [1.54, 1.807) is 0 Å². The molecule has 12 heavy (non-hydrogen) atoms. The number of carbonyl (C=O) groups is 1. The first-order valence-electron chi connectivity index (χ1n) is 3.27. The fraction of sp³-hybridized carbons (Fsp3) is 0.500. The Morgan fingerprint density at radius 2 is 2.25 bits per heavy atom. The summed E-state index contributed by atoms with van der Waals surface area (Å²) < 4.78 is 4.85. The second-order valence-electron chi connectivity index (χ2n) is 2.06. The number of rotatable bonds is 3. The zero-order valence-electron chi connectivity index (χ0n) is 6.17. The van der Waals surface area contributed by atoms with E-state index in [1.807, 2.05) is 10.8 Å².